The Hall–Kier alpha value is -1.84. The summed E-state index contributed by atoms with van der Waals surface area (Å²) in [5.74, 6) is -0.00389. The third kappa shape index (κ3) is 1.78. The summed E-state index contributed by atoms with van der Waals surface area (Å²) in [4.78, 5) is 17.9. The van der Waals surface area contributed by atoms with E-state index in [0.29, 0.717) is 24.2 Å². The number of aromatic nitrogens is 1. The van der Waals surface area contributed by atoms with Crippen molar-refractivity contribution in [2.24, 2.45) is 0 Å². The zero-order valence-electron chi connectivity index (χ0n) is 9.43. The maximum Gasteiger partial charge on any atom is 0.255 e. The van der Waals surface area contributed by atoms with Crippen molar-refractivity contribution in [2.75, 3.05) is 13.1 Å². The molecule has 4 nitrogen and oxygen atoms in total. The standard InChI is InChI=1S/C12H14N2O2/c1-3-14(4-2)12(15)9-7-11-10(13-8-9)5-6-16-11/h5-8H,3-4H2,1-2H3. The Morgan fingerprint density at radius 1 is 1.44 bits per heavy atom. The minimum absolute atomic E-state index is 0.00389. The van der Waals surface area contributed by atoms with Crippen LogP contribution in [0, 0.1) is 0 Å². The smallest absolute Gasteiger partial charge is 0.255 e. The first kappa shape index (κ1) is 10.7. The van der Waals surface area contributed by atoms with E-state index in [-0.39, 0.29) is 5.91 Å². The molecule has 1 amide bonds. The van der Waals surface area contributed by atoms with Gasteiger partial charge >= 0.3 is 0 Å². The van der Waals surface area contributed by atoms with Crippen molar-refractivity contribution in [3.63, 3.8) is 0 Å². The molecular weight excluding hydrogens is 204 g/mol. The fourth-order valence-electron chi connectivity index (χ4n) is 1.66. The lowest BCUT2D eigenvalue weighted by atomic mass is 10.2. The number of pyridine rings is 1. The monoisotopic (exact) mass is 218 g/mol. The predicted molar refractivity (Wildman–Crippen MR) is 61.3 cm³/mol. The van der Waals surface area contributed by atoms with Crippen LogP contribution < -0.4 is 0 Å². The van der Waals surface area contributed by atoms with Gasteiger partial charge in [0.15, 0.2) is 5.58 Å². The Bertz CT molecular complexity index is 500. The van der Waals surface area contributed by atoms with E-state index >= 15 is 0 Å². The number of hydrogen-bond acceptors (Lipinski definition) is 3. The Morgan fingerprint density at radius 3 is 2.88 bits per heavy atom. The number of nitrogens with zero attached hydrogens (tertiary/aromatic N) is 2. The van der Waals surface area contributed by atoms with Crippen LogP contribution in [0.4, 0.5) is 0 Å². The number of carbonyl (C=O) groups excluding carboxylic acids is 1. The van der Waals surface area contributed by atoms with Crippen LogP contribution in [0.2, 0.25) is 0 Å². The van der Waals surface area contributed by atoms with Crippen molar-refractivity contribution in [1.82, 2.24) is 9.88 Å². The van der Waals surface area contributed by atoms with Gasteiger partial charge in [-0.05, 0) is 19.9 Å². The van der Waals surface area contributed by atoms with Gasteiger partial charge in [0.05, 0.1) is 11.8 Å². The van der Waals surface area contributed by atoms with Gasteiger partial charge in [-0.25, -0.2) is 0 Å². The average molecular weight is 218 g/mol. The molecule has 0 spiro atoms. The lowest BCUT2D eigenvalue weighted by Gasteiger charge is -2.18. The van der Waals surface area contributed by atoms with E-state index in [1.807, 2.05) is 13.8 Å². The molecule has 0 aliphatic heterocycles. The first-order valence-corrected chi connectivity index (χ1v) is 5.38. The molecule has 0 aliphatic carbocycles. The van der Waals surface area contributed by atoms with Gasteiger partial charge in [0, 0.05) is 25.4 Å². The highest BCUT2D eigenvalue weighted by atomic mass is 16.3. The second-order valence-electron chi connectivity index (χ2n) is 3.51. The number of hydrogen-bond donors (Lipinski definition) is 0. The van der Waals surface area contributed by atoms with Gasteiger partial charge in [-0.15, -0.1) is 0 Å². The minimum atomic E-state index is -0.00389. The van der Waals surface area contributed by atoms with Crippen LogP contribution >= 0.6 is 0 Å². The molecular formula is C12H14N2O2. The summed E-state index contributed by atoms with van der Waals surface area (Å²) in [6, 6.07) is 3.52. The zero-order valence-corrected chi connectivity index (χ0v) is 9.43. The van der Waals surface area contributed by atoms with Gasteiger partial charge in [0.25, 0.3) is 5.91 Å². The van der Waals surface area contributed by atoms with Crippen molar-refractivity contribution < 1.29 is 9.21 Å². The predicted octanol–water partition coefficient (Wildman–Crippen LogP) is 2.31. The number of fused-ring (bicyclic) bond motifs is 1. The lowest BCUT2D eigenvalue weighted by Crippen LogP contribution is -2.30. The van der Waals surface area contributed by atoms with E-state index in [9.17, 15) is 4.79 Å². The van der Waals surface area contributed by atoms with Gasteiger partial charge in [0.1, 0.15) is 5.52 Å². The number of amides is 1. The first-order valence-electron chi connectivity index (χ1n) is 5.38. The molecule has 0 N–H and O–H groups in total. The Labute approximate surface area is 93.9 Å². The van der Waals surface area contributed by atoms with E-state index in [0.717, 1.165) is 5.52 Å². The molecule has 4 heteroatoms. The van der Waals surface area contributed by atoms with E-state index in [1.165, 1.54) is 0 Å². The third-order valence-electron chi connectivity index (χ3n) is 2.60. The number of furan rings is 1. The summed E-state index contributed by atoms with van der Waals surface area (Å²) in [7, 11) is 0. The maximum atomic E-state index is 12.0. The molecule has 2 aromatic heterocycles. The summed E-state index contributed by atoms with van der Waals surface area (Å²) < 4.78 is 5.22. The molecule has 16 heavy (non-hydrogen) atoms. The fourth-order valence-corrected chi connectivity index (χ4v) is 1.66. The molecule has 0 saturated carbocycles. The van der Waals surface area contributed by atoms with Crippen molar-refractivity contribution >= 4 is 17.0 Å². The highest BCUT2D eigenvalue weighted by Crippen LogP contribution is 2.15. The van der Waals surface area contributed by atoms with Crippen LogP contribution in [0.3, 0.4) is 0 Å². The van der Waals surface area contributed by atoms with Gasteiger partial charge in [-0.2, -0.15) is 0 Å². The van der Waals surface area contributed by atoms with Crippen LogP contribution in [0.1, 0.15) is 24.2 Å². The van der Waals surface area contributed by atoms with Crippen molar-refractivity contribution in [1.29, 1.82) is 0 Å². The summed E-state index contributed by atoms with van der Waals surface area (Å²) >= 11 is 0. The van der Waals surface area contributed by atoms with Crippen LogP contribution in [-0.4, -0.2) is 28.9 Å². The summed E-state index contributed by atoms with van der Waals surface area (Å²) in [5.41, 5.74) is 2.00. The average Bonchev–Trinajstić information content (AvgIpc) is 2.77. The minimum Gasteiger partial charge on any atom is -0.463 e. The Balaban J connectivity index is 2.35. The summed E-state index contributed by atoms with van der Waals surface area (Å²) in [6.45, 7) is 5.32. The number of rotatable bonds is 3. The van der Waals surface area contributed by atoms with Crippen LogP contribution in [0.5, 0.6) is 0 Å². The van der Waals surface area contributed by atoms with E-state index in [2.05, 4.69) is 4.98 Å². The normalized spacial score (nSPS) is 10.6. The van der Waals surface area contributed by atoms with Gasteiger partial charge in [0.2, 0.25) is 0 Å². The third-order valence-corrected chi connectivity index (χ3v) is 2.60. The highest BCUT2D eigenvalue weighted by Gasteiger charge is 2.13. The van der Waals surface area contributed by atoms with E-state index in [4.69, 9.17) is 4.42 Å². The topological polar surface area (TPSA) is 46.3 Å². The largest absolute Gasteiger partial charge is 0.463 e. The van der Waals surface area contributed by atoms with Crippen LogP contribution in [0.25, 0.3) is 11.1 Å². The summed E-state index contributed by atoms with van der Waals surface area (Å²) in [6.07, 6.45) is 3.17. The zero-order chi connectivity index (χ0) is 11.5. The van der Waals surface area contributed by atoms with E-state index in [1.54, 1.807) is 29.5 Å². The van der Waals surface area contributed by atoms with Crippen LogP contribution in [-0.2, 0) is 0 Å². The molecule has 2 heterocycles. The molecule has 2 rings (SSSR count). The molecule has 0 saturated heterocycles. The summed E-state index contributed by atoms with van der Waals surface area (Å²) in [5, 5.41) is 0. The van der Waals surface area contributed by atoms with Crippen molar-refractivity contribution in [3.8, 4) is 0 Å². The second-order valence-corrected chi connectivity index (χ2v) is 3.51. The molecule has 0 atom stereocenters. The van der Waals surface area contributed by atoms with E-state index < -0.39 is 0 Å². The SMILES string of the molecule is CCN(CC)C(=O)c1cnc2ccoc2c1. The fraction of sp³-hybridized carbons (Fsp3) is 0.333. The molecule has 84 valence electrons. The highest BCUT2D eigenvalue weighted by molar-refractivity contribution is 5.96. The second kappa shape index (κ2) is 4.35. The molecule has 0 unspecified atom stereocenters. The van der Waals surface area contributed by atoms with Crippen molar-refractivity contribution in [3.05, 3.63) is 30.2 Å². The quantitative estimate of drug-likeness (QED) is 0.794. The molecule has 0 bridgehead atoms. The Kier molecular flexibility index (Phi) is 2.90. The van der Waals surface area contributed by atoms with Gasteiger partial charge < -0.3 is 9.32 Å². The molecule has 0 aromatic carbocycles. The van der Waals surface area contributed by atoms with Crippen LogP contribution in [0.15, 0.2) is 29.0 Å². The first-order chi connectivity index (χ1) is 7.76. The molecule has 0 aliphatic rings. The Morgan fingerprint density at radius 2 is 2.19 bits per heavy atom. The maximum absolute atomic E-state index is 12.0. The van der Waals surface area contributed by atoms with Crippen molar-refractivity contribution in [2.45, 2.75) is 13.8 Å². The number of carbonyl (C=O) groups is 1. The molecule has 0 fully saturated rings. The molecule has 0 radical (unpaired) electrons. The molecule has 2 aromatic rings. The lowest BCUT2D eigenvalue weighted by molar-refractivity contribution is 0.0772. The van der Waals surface area contributed by atoms with Gasteiger partial charge in [-0.3, -0.25) is 9.78 Å². The van der Waals surface area contributed by atoms with Gasteiger partial charge in [-0.1, -0.05) is 0 Å².